The molecule has 2 heterocycles. The van der Waals surface area contributed by atoms with Crippen molar-refractivity contribution >= 4 is 45.3 Å². The average molecular weight is 413 g/mol. The van der Waals surface area contributed by atoms with Crippen molar-refractivity contribution in [1.29, 1.82) is 0 Å². The number of aryl methyl sites for hydroxylation is 1. The van der Waals surface area contributed by atoms with E-state index in [4.69, 9.17) is 4.42 Å². The van der Waals surface area contributed by atoms with Crippen molar-refractivity contribution in [2.45, 2.75) is 6.92 Å². The topological polar surface area (TPSA) is 85.1 Å². The molecule has 30 heavy (non-hydrogen) atoms. The van der Waals surface area contributed by atoms with Crippen LogP contribution < -0.4 is 10.9 Å². The Morgan fingerprint density at radius 3 is 2.63 bits per heavy atom. The van der Waals surface area contributed by atoms with E-state index >= 15 is 0 Å². The number of carbonyl (C=O) groups excluding carboxylic acids is 1. The summed E-state index contributed by atoms with van der Waals surface area (Å²) in [6.07, 6.45) is 0. The van der Waals surface area contributed by atoms with Crippen LogP contribution in [-0.2, 0) is 0 Å². The van der Waals surface area contributed by atoms with E-state index in [1.165, 1.54) is 0 Å². The largest absolute Gasteiger partial charge is 0.422 e. The van der Waals surface area contributed by atoms with Crippen LogP contribution in [0.1, 0.15) is 15.9 Å². The van der Waals surface area contributed by atoms with Gasteiger partial charge >= 0.3 is 5.63 Å². The summed E-state index contributed by atoms with van der Waals surface area (Å²) < 4.78 is 13.9. The lowest BCUT2D eigenvalue weighted by Gasteiger charge is -2.09. The normalized spacial score (nSPS) is 11.1. The van der Waals surface area contributed by atoms with Crippen LogP contribution in [-0.4, -0.2) is 14.7 Å². The monoisotopic (exact) mass is 413 g/mol. The zero-order valence-corrected chi connectivity index (χ0v) is 16.7. The second-order valence-corrected chi connectivity index (χ2v) is 7.43. The van der Waals surface area contributed by atoms with Gasteiger partial charge in [0, 0.05) is 10.9 Å². The smallest absolute Gasteiger partial charge is 0.344 e. The number of benzene rings is 3. The summed E-state index contributed by atoms with van der Waals surface area (Å²) in [7, 11) is 0. The fourth-order valence-corrected chi connectivity index (χ4v) is 3.90. The lowest BCUT2D eigenvalue weighted by Crippen LogP contribution is -2.13. The number of aromatic nitrogens is 2. The Balaban J connectivity index is 1.46. The quantitative estimate of drug-likeness (QED) is 0.420. The number of rotatable bonds is 3. The molecule has 5 aromatic rings. The predicted octanol–water partition coefficient (Wildman–Crippen LogP) is 5.03. The third-order valence-electron chi connectivity index (χ3n) is 4.97. The van der Waals surface area contributed by atoms with Gasteiger partial charge in [0.05, 0.1) is 23.0 Å². The molecule has 1 amide bonds. The molecule has 0 saturated heterocycles. The fourth-order valence-electron chi connectivity index (χ4n) is 3.36. The molecule has 0 saturated carbocycles. The van der Waals surface area contributed by atoms with Crippen molar-refractivity contribution in [3.63, 3.8) is 0 Å². The SMILES string of the molecule is Cc1ccc2nsnc2c1NC(=O)c1ccc(-c2cc3ccccc3oc2=O)cc1. The third-order valence-corrected chi connectivity index (χ3v) is 5.52. The zero-order valence-electron chi connectivity index (χ0n) is 15.9. The molecule has 0 aliphatic carbocycles. The number of hydrogen-bond acceptors (Lipinski definition) is 6. The molecule has 146 valence electrons. The van der Waals surface area contributed by atoms with Gasteiger partial charge in [0.15, 0.2) is 0 Å². The Hall–Kier alpha value is -3.84. The van der Waals surface area contributed by atoms with E-state index in [1.807, 2.05) is 37.3 Å². The molecule has 0 atom stereocenters. The van der Waals surface area contributed by atoms with Crippen molar-refractivity contribution in [3.8, 4) is 11.1 Å². The molecule has 2 aromatic heterocycles. The molecule has 6 nitrogen and oxygen atoms in total. The summed E-state index contributed by atoms with van der Waals surface area (Å²) in [4.78, 5) is 25.2. The molecule has 0 fully saturated rings. The van der Waals surface area contributed by atoms with Gasteiger partial charge in [0.25, 0.3) is 5.91 Å². The molecule has 0 unspecified atom stereocenters. The van der Waals surface area contributed by atoms with Gasteiger partial charge in [-0.15, -0.1) is 0 Å². The molecular weight excluding hydrogens is 398 g/mol. The van der Waals surface area contributed by atoms with Crippen molar-refractivity contribution in [2.24, 2.45) is 0 Å². The second-order valence-electron chi connectivity index (χ2n) is 6.91. The number of carbonyl (C=O) groups is 1. The van der Waals surface area contributed by atoms with E-state index in [2.05, 4.69) is 14.1 Å². The van der Waals surface area contributed by atoms with E-state index in [9.17, 15) is 9.59 Å². The summed E-state index contributed by atoms with van der Waals surface area (Å²) in [5, 5.41) is 3.78. The van der Waals surface area contributed by atoms with Crippen molar-refractivity contribution < 1.29 is 9.21 Å². The van der Waals surface area contributed by atoms with E-state index in [0.717, 1.165) is 28.2 Å². The maximum Gasteiger partial charge on any atom is 0.344 e. The van der Waals surface area contributed by atoms with Gasteiger partial charge in [-0.05, 0) is 48.4 Å². The first kappa shape index (κ1) is 18.2. The lowest BCUT2D eigenvalue weighted by atomic mass is 10.0. The number of nitrogens with zero attached hydrogens (tertiary/aromatic N) is 2. The Morgan fingerprint density at radius 1 is 1.00 bits per heavy atom. The first-order chi connectivity index (χ1) is 14.6. The number of hydrogen-bond donors (Lipinski definition) is 1. The third kappa shape index (κ3) is 3.15. The Bertz CT molecular complexity index is 1470. The van der Waals surface area contributed by atoms with Crippen LogP contribution in [0.25, 0.3) is 33.1 Å². The number of para-hydroxylation sites is 1. The van der Waals surface area contributed by atoms with Crippen molar-refractivity contribution in [3.05, 3.63) is 88.3 Å². The predicted molar refractivity (Wildman–Crippen MR) is 118 cm³/mol. The number of amides is 1. The number of anilines is 1. The molecule has 0 aliphatic heterocycles. The Labute approximate surface area is 175 Å². The summed E-state index contributed by atoms with van der Waals surface area (Å²) in [5.74, 6) is -0.254. The first-order valence-corrected chi connectivity index (χ1v) is 10.00. The molecular formula is C23H15N3O3S. The van der Waals surface area contributed by atoms with E-state index < -0.39 is 5.63 Å². The highest BCUT2D eigenvalue weighted by molar-refractivity contribution is 7.00. The van der Waals surface area contributed by atoms with E-state index in [1.54, 1.807) is 36.4 Å². The molecule has 0 spiro atoms. The summed E-state index contributed by atoms with van der Waals surface area (Å²) in [6, 6.07) is 19.8. The Morgan fingerprint density at radius 2 is 1.80 bits per heavy atom. The highest BCUT2D eigenvalue weighted by Crippen LogP contribution is 2.27. The van der Waals surface area contributed by atoms with E-state index in [-0.39, 0.29) is 5.91 Å². The molecule has 3 aromatic carbocycles. The van der Waals surface area contributed by atoms with Crippen LogP contribution in [0.4, 0.5) is 5.69 Å². The molecule has 5 rings (SSSR count). The van der Waals surface area contributed by atoms with Crippen LogP contribution >= 0.6 is 11.7 Å². The van der Waals surface area contributed by atoms with Gasteiger partial charge in [0.2, 0.25) is 0 Å². The van der Waals surface area contributed by atoms with Crippen molar-refractivity contribution in [1.82, 2.24) is 8.75 Å². The minimum absolute atomic E-state index is 0.254. The minimum atomic E-state index is -0.413. The summed E-state index contributed by atoms with van der Waals surface area (Å²) in [6.45, 7) is 1.91. The lowest BCUT2D eigenvalue weighted by molar-refractivity contribution is 0.102. The Kier molecular flexibility index (Phi) is 4.37. The van der Waals surface area contributed by atoms with Gasteiger partial charge in [-0.3, -0.25) is 4.79 Å². The van der Waals surface area contributed by atoms with Gasteiger partial charge < -0.3 is 9.73 Å². The van der Waals surface area contributed by atoms with Gasteiger partial charge in [0.1, 0.15) is 16.6 Å². The van der Waals surface area contributed by atoms with Gasteiger partial charge in [-0.25, -0.2) is 4.79 Å². The van der Waals surface area contributed by atoms with Crippen LogP contribution in [0.15, 0.2) is 75.9 Å². The van der Waals surface area contributed by atoms with Crippen LogP contribution in [0.2, 0.25) is 0 Å². The molecule has 0 bridgehead atoms. The number of fused-ring (bicyclic) bond motifs is 2. The highest BCUT2D eigenvalue weighted by atomic mass is 32.1. The first-order valence-electron chi connectivity index (χ1n) is 9.27. The van der Waals surface area contributed by atoms with Gasteiger partial charge in [-0.1, -0.05) is 36.4 Å². The second kappa shape index (κ2) is 7.20. The van der Waals surface area contributed by atoms with Crippen LogP contribution in [0.5, 0.6) is 0 Å². The van der Waals surface area contributed by atoms with Crippen LogP contribution in [0.3, 0.4) is 0 Å². The average Bonchev–Trinajstić information content (AvgIpc) is 3.24. The fraction of sp³-hybridized carbons (Fsp3) is 0.0435. The maximum atomic E-state index is 12.8. The molecule has 7 heteroatoms. The minimum Gasteiger partial charge on any atom is -0.422 e. The molecule has 0 aliphatic rings. The van der Waals surface area contributed by atoms with E-state index in [0.29, 0.717) is 33.5 Å². The van der Waals surface area contributed by atoms with Gasteiger partial charge in [-0.2, -0.15) is 8.75 Å². The molecule has 0 radical (unpaired) electrons. The zero-order chi connectivity index (χ0) is 20.7. The summed E-state index contributed by atoms with van der Waals surface area (Å²) >= 11 is 1.11. The molecule has 1 N–H and O–H groups in total. The van der Waals surface area contributed by atoms with Crippen LogP contribution in [0, 0.1) is 6.92 Å². The highest BCUT2D eigenvalue weighted by Gasteiger charge is 2.14. The van der Waals surface area contributed by atoms with Crippen molar-refractivity contribution in [2.75, 3.05) is 5.32 Å². The number of nitrogens with one attached hydrogen (secondary N) is 1. The standard InChI is InChI=1S/C23H15N3O3S/c1-13-6-11-18-21(26-30-25-18)20(13)24-22(27)15-9-7-14(8-10-15)17-12-16-4-2-3-5-19(16)29-23(17)28/h2-12H,1H3,(H,24,27). The summed E-state index contributed by atoms with van der Waals surface area (Å²) in [5.41, 5.74) is 4.75. The maximum absolute atomic E-state index is 12.8.